The summed E-state index contributed by atoms with van der Waals surface area (Å²) in [6, 6.07) is 4.08. The summed E-state index contributed by atoms with van der Waals surface area (Å²) in [6.07, 6.45) is 6.69. The number of nitrogens with one attached hydrogen (secondary N) is 1. The Kier molecular flexibility index (Phi) is 5.96. The second-order valence-electron chi connectivity index (χ2n) is 7.22. The molecule has 2 heterocycles. The van der Waals surface area contributed by atoms with Crippen LogP contribution in [-0.4, -0.2) is 36.3 Å². The average molecular weight is 356 g/mol. The van der Waals surface area contributed by atoms with Gasteiger partial charge in [-0.3, -0.25) is 9.59 Å². The van der Waals surface area contributed by atoms with Crippen LogP contribution in [-0.2, 0) is 16.0 Å². The normalized spacial score (nSPS) is 15.3. The van der Waals surface area contributed by atoms with Gasteiger partial charge >= 0.3 is 0 Å². The van der Waals surface area contributed by atoms with Gasteiger partial charge in [0.2, 0.25) is 11.8 Å². The van der Waals surface area contributed by atoms with E-state index < -0.39 is 0 Å². The molecule has 0 radical (unpaired) electrons. The van der Waals surface area contributed by atoms with Crippen molar-refractivity contribution in [1.82, 2.24) is 10.2 Å². The molecule has 1 saturated heterocycles. The number of carbonyl (C=O) groups is 2. The molecule has 0 aliphatic carbocycles. The third-order valence-corrected chi connectivity index (χ3v) is 5.29. The van der Waals surface area contributed by atoms with E-state index in [9.17, 15) is 9.59 Å². The molecule has 5 heteroatoms. The zero-order valence-electron chi connectivity index (χ0n) is 15.8. The summed E-state index contributed by atoms with van der Waals surface area (Å²) < 4.78 is 5.67. The van der Waals surface area contributed by atoms with E-state index in [1.54, 1.807) is 6.26 Å². The second-order valence-corrected chi connectivity index (χ2v) is 7.22. The smallest absolute Gasteiger partial charge is 0.224 e. The largest absolute Gasteiger partial charge is 0.464 e. The maximum atomic E-state index is 12.2. The van der Waals surface area contributed by atoms with Gasteiger partial charge in [-0.05, 0) is 44.2 Å². The van der Waals surface area contributed by atoms with Crippen molar-refractivity contribution in [1.29, 1.82) is 0 Å². The van der Waals surface area contributed by atoms with Crippen molar-refractivity contribution in [2.75, 3.05) is 19.6 Å². The maximum absolute atomic E-state index is 12.2. The maximum Gasteiger partial charge on any atom is 0.224 e. The van der Waals surface area contributed by atoms with Crippen LogP contribution in [0, 0.1) is 13.8 Å². The van der Waals surface area contributed by atoms with Gasteiger partial charge in [0, 0.05) is 37.0 Å². The summed E-state index contributed by atoms with van der Waals surface area (Å²) in [7, 11) is 0. The molecule has 2 aromatic rings. The minimum absolute atomic E-state index is 0.00637. The van der Waals surface area contributed by atoms with Gasteiger partial charge in [-0.2, -0.15) is 0 Å². The number of amides is 2. The standard InChI is InChI=1S/C21H28N2O3/c1-15-8-9-18-17(14-26-21(18)16(15)2)13-19(24)22-10-6-12-23-11-5-3-4-7-20(23)25/h8-9,14H,3-7,10-13H2,1-2H3,(H,22,24). The lowest BCUT2D eigenvalue weighted by atomic mass is 10.0. The first kappa shape index (κ1) is 18.5. The van der Waals surface area contributed by atoms with E-state index >= 15 is 0 Å². The monoisotopic (exact) mass is 356 g/mol. The molecule has 26 heavy (non-hydrogen) atoms. The van der Waals surface area contributed by atoms with Crippen LogP contribution in [0.1, 0.15) is 48.8 Å². The zero-order chi connectivity index (χ0) is 18.5. The predicted molar refractivity (Wildman–Crippen MR) is 102 cm³/mol. The lowest BCUT2D eigenvalue weighted by Crippen LogP contribution is -2.34. The molecule has 1 aromatic carbocycles. The van der Waals surface area contributed by atoms with Crippen molar-refractivity contribution in [3.8, 4) is 0 Å². The zero-order valence-corrected chi connectivity index (χ0v) is 15.8. The van der Waals surface area contributed by atoms with Crippen molar-refractivity contribution in [3.63, 3.8) is 0 Å². The average Bonchev–Trinajstić information content (AvgIpc) is 2.91. The number of hydrogen-bond acceptors (Lipinski definition) is 3. The number of fused-ring (bicyclic) bond motifs is 1. The van der Waals surface area contributed by atoms with Crippen LogP contribution in [0.2, 0.25) is 0 Å². The SMILES string of the molecule is Cc1ccc2c(CC(=O)NCCCN3CCCCCC3=O)coc2c1C. The molecule has 0 saturated carbocycles. The summed E-state index contributed by atoms with van der Waals surface area (Å²) >= 11 is 0. The van der Waals surface area contributed by atoms with E-state index in [1.165, 1.54) is 5.56 Å². The third-order valence-electron chi connectivity index (χ3n) is 5.29. The van der Waals surface area contributed by atoms with Crippen molar-refractivity contribution in [2.45, 2.75) is 52.4 Å². The molecule has 0 atom stereocenters. The van der Waals surface area contributed by atoms with Gasteiger partial charge in [0.15, 0.2) is 0 Å². The Labute approximate surface area is 154 Å². The molecule has 0 spiro atoms. The van der Waals surface area contributed by atoms with Crippen molar-refractivity contribution in [3.05, 3.63) is 35.1 Å². The van der Waals surface area contributed by atoms with Gasteiger partial charge in [-0.25, -0.2) is 0 Å². The van der Waals surface area contributed by atoms with E-state index in [0.29, 0.717) is 19.4 Å². The van der Waals surface area contributed by atoms with Crippen LogP contribution in [0.3, 0.4) is 0 Å². The highest BCUT2D eigenvalue weighted by Gasteiger charge is 2.16. The Hall–Kier alpha value is -2.30. The van der Waals surface area contributed by atoms with Crippen molar-refractivity contribution in [2.24, 2.45) is 0 Å². The fourth-order valence-electron chi connectivity index (χ4n) is 3.53. The summed E-state index contributed by atoms with van der Waals surface area (Å²) in [5.74, 6) is 0.248. The Morgan fingerprint density at radius 3 is 2.92 bits per heavy atom. The summed E-state index contributed by atoms with van der Waals surface area (Å²) in [6.45, 7) is 6.27. The van der Waals surface area contributed by atoms with Gasteiger partial charge in [0.1, 0.15) is 5.58 Å². The molecule has 3 rings (SSSR count). The second kappa shape index (κ2) is 8.39. The molecular weight excluding hydrogens is 328 g/mol. The van der Waals surface area contributed by atoms with Crippen molar-refractivity contribution >= 4 is 22.8 Å². The summed E-state index contributed by atoms with van der Waals surface area (Å²) in [5, 5.41) is 3.98. The first-order valence-corrected chi connectivity index (χ1v) is 9.57. The number of hydrogen-bond donors (Lipinski definition) is 1. The molecule has 1 N–H and O–H groups in total. The summed E-state index contributed by atoms with van der Waals surface area (Å²) in [4.78, 5) is 26.1. The van der Waals surface area contributed by atoms with Gasteiger partial charge in [0.05, 0.1) is 12.7 Å². The van der Waals surface area contributed by atoms with Crippen LogP contribution in [0.25, 0.3) is 11.0 Å². The Morgan fingerprint density at radius 1 is 1.23 bits per heavy atom. The molecule has 0 bridgehead atoms. The Morgan fingerprint density at radius 2 is 2.08 bits per heavy atom. The lowest BCUT2D eigenvalue weighted by Gasteiger charge is -2.20. The van der Waals surface area contributed by atoms with Crippen molar-refractivity contribution < 1.29 is 14.0 Å². The van der Waals surface area contributed by atoms with E-state index in [2.05, 4.69) is 18.3 Å². The molecule has 140 valence electrons. The van der Waals surface area contributed by atoms with E-state index in [1.807, 2.05) is 17.9 Å². The number of carbonyl (C=O) groups excluding carboxylic acids is 2. The number of rotatable bonds is 6. The number of aryl methyl sites for hydroxylation is 2. The first-order chi connectivity index (χ1) is 12.6. The molecule has 1 aliphatic rings. The number of furan rings is 1. The van der Waals surface area contributed by atoms with E-state index in [-0.39, 0.29) is 11.8 Å². The van der Waals surface area contributed by atoms with E-state index in [4.69, 9.17) is 4.42 Å². The molecule has 5 nitrogen and oxygen atoms in total. The minimum atomic E-state index is -0.00637. The molecule has 0 unspecified atom stereocenters. The van der Waals surface area contributed by atoms with Gasteiger partial charge in [0.25, 0.3) is 0 Å². The molecule has 1 aliphatic heterocycles. The Balaban J connectivity index is 1.47. The first-order valence-electron chi connectivity index (χ1n) is 9.57. The number of likely N-dealkylation sites (tertiary alicyclic amines) is 1. The van der Waals surface area contributed by atoms with Gasteiger partial charge < -0.3 is 14.6 Å². The molecular formula is C21H28N2O3. The van der Waals surface area contributed by atoms with Gasteiger partial charge in [-0.15, -0.1) is 0 Å². The van der Waals surface area contributed by atoms with Crippen LogP contribution in [0.4, 0.5) is 0 Å². The summed E-state index contributed by atoms with van der Waals surface area (Å²) in [5.41, 5.74) is 4.10. The fraction of sp³-hybridized carbons (Fsp3) is 0.524. The quantitative estimate of drug-likeness (QED) is 0.806. The molecule has 2 amide bonds. The number of nitrogens with zero attached hydrogens (tertiary/aromatic N) is 1. The third kappa shape index (κ3) is 4.26. The van der Waals surface area contributed by atoms with Crippen LogP contribution < -0.4 is 5.32 Å². The molecule has 1 aromatic heterocycles. The van der Waals surface area contributed by atoms with Crippen LogP contribution in [0.15, 0.2) is 22.8 Å². The predicted octanol–water partition coefficient (Wildman–Crippen LogP) is 3.50. The topological polar surface area (TPSA) is 62.6 Å². The van der Waals surface area contributed by atoms with Crippen LogP contribution >= 0.6 is 0 Å². The van der Waals surface area contributed by atoms with Gasteiger partial charge in [-0.1, -0.05) is 18.6 Å². The van der Waals surface area contributed by atoms with E-state index in [0.717, 1.165) is 60.9 Å². The molecule has 1 fully saturated rings. The minimum Gasteiger partial charge on any atom is -0.464 e. The highest BCUT2D eigenvalue weighted by Crippen LogP contribution is 2.26. The Bertz CT molecular complexity index is 794. The fourth-order valence-corrected chi connectivity index (χ4v) is 3.53. The lowest BCUT2D eigenvalue weighted by molar-refractivity contribution is -0.130. The van der Waals surface area contributed by atoms with Crippen LogP contribution in [0.5, 0.6) is 0 Å². The highest BCUT2D eigenvalue weighted by molar-refractivity contribution is 5.89. The highest BCUT2D eigenvalue weighted by atomic mass is 16.3. The number of benzene rings is 1.